The van der Waals surface area contributed by atoms with Crippen molar-refractivity contribution in [2.75, 3.05) is 18.1 Å². The third kappa shape index (κ3) is 3.78. The van der Waals surface area contributed by atoms with Crippen LogP contribution in [-0.2, 0) is 9.84 Å². The van der Waals surface area contributed by atoms with E-state index in [9.17, 15) is 13.5 Å². The van der Waals surface area contributed by atoms with Crippen LogP contribution in [0, 0.1) is 0 Å². The number of aliphatic hydroxyl groups is 1. The molecule has 6 heteroatoms. The molecule has 1 aliphatic rings. The average molecular weight is 334 g/mol. The van der Waals surface area contributed by atoms with Crippen molar-refractivity contribution in [2.24, 2.45) is 0 Å². The topological polar surface area (TPSA) is 66.4 Å². The molecule has 100 valence electrons. The molecular formula is C12H16BrNO3S. The standard InChI is InChI=1S/C12H16BrNO3S/c13-10-3-1-2-9(6-10)12(15)7-14-11-4-5-18(16,17)8-11/h1-3,6,11-12,14-15H,4-5,7-8H2. The molecule has 1 heterocycles. The fraction of sp³-hybridized carbons (Fsp3) is 0.500. The van der Waals surface area contributed by atoms with Gasteiger partial charge in [0.2, 0.25) is 0 Å². The first-order valence-corrected chi connectivity index (χ1v) is 8.45. The van der Waals surface area contributed by atoms with Crippen molar-refractivity contribution < 1.29 is 13.5 Å². The lowest BCUT2D eigenvalue weighted by molar-refractivity contribution is 0.171. The fourth-order valence-electron chi connectivity index (χ4n) is 2.07. The van der Waals surface area contributed by atoms with E-state index in [4.69, 9.17) is 0 Å². The van der Waals surface area contributed by atoms with Crippen molar-refractivity contribution in [3.63, 3.8) is 0 Å². The molecule has 2 unspecified atom stereocenters. The minimum atomic E-state index is -2.87. The third-order valence-electron chi connectivity index (χ3n) is 3.07. The van der Waals surface area contributed by atoms with Crippen LogP contribution < -0.4 is 5.32 Å². The molecule has 2 N–H and O–H groups in total. The summed E-state index contributed by atoms with van der Waals surface area (Å²) in [6.45, 7) is 0.372. The summed E-state index contributed by atoms with van der Waals surface area (Å²) in [6.07, 6.45) is 0.0129. The quantitative estimate of drug-likeness (QED) is 0.870. The normalized spacial score (nSPS) is 24.0. The second kappa shape index (κ2) is 5.69. The summed E-state index contributed by atoms with van der Waals surface area (Å²) in [5.74, 6) is 0.426. The minimum Gasteiger partial charge on any atom is -0.387 e. The zero-order valence-corrected chi connectivity index (χ0v) is 12.2. The Kier molecular flexibility index (Phi) is 4.42. The van der Waals surface area contributed by atoms with Crippen molar-refractivity contribution in [3.8, 4) is 0 Å². The molecule has 0 aromatic heterocycles. The van der Waals surface area contributed by atoms with E-state index in [2.05, 4.69) is 21.2 Å². The number of aliphatic hydroxyl groups excluding tert-OH is 1. The van der Waals surface area contributed by atoms with Crippen LogP contribution in [0.1, 0.15) is 18.1 Å². The van der Waals surface area contributed by atoms with Crippen LogP contribution in [0.5, 0.6) is 0 Å². The van der Waals surface area contributed by atoms with Crippen molar-refractivity contribution >= 4 is 25.8 Å². The van der Waals surface area contributed by atoms with Crippen LogP contribution in [0.25, 0.3) is 0 Å². The number of nitrogens with one attached hydrogen (secondary N) is 1. The molecule has 0 aliphatic carbocycles. The van der Waals surface area contributed by atoms with Crippen molar-refractivity contribution in [2.45, 2.75) is 18.6 Å². The second-order valence-electron chi connectivity index (χ2n) is 4.58. The van der Waals surface area contributed by atoms with E-state index in [1.807, 2.05) is 24.3 Å². The molecule has 1 fully saturated rings. The third-order valence-corrected chi connectivity index (χ3v) is 5.33. The predicted molar refractivity (Wildman–Crippen MR) is 74.2 cm³/mol. The van der Waals surface area contributed by atoms with Gasteiger partial charge in [0.1, 0.15) is 0 Å². The summed E-state index contributed by atoms with van der Waals surface area (Å²) in [6, 6.07) is 7.44. The lowest BCUT2D eigenvalue weighted by Crippen LogP contribution is -2.33. The van der Waals surface area contributed by atoms with Crippen molar-refractivity contribution in [3.05, 3.63) is 34.3 Å². The van der Waals surface area contributed by atoms with Crippen molar-refractivity contribution in [1.82, 2.24) is 5.32 Å². The fourth-order valence-corrected chi connectivity index (χ4v) is 4.19. The molecule has 1 saturated heterocycles. The van der Waals surface area contributed by atoms with Gasteiger partial charge in [-0.3, -0.25) is 0 Å². The average Bonchev–Trinajstić information content (AvgIpc) is 2.66. The summed E-state index contributed by atoms with van der Waals surface area (Å²) in [7, 11) is -2.87. The molecule has 1 aromatic carbocycles. The molecule has 0 bridgehead atoms. The molecule has 0 amide bonds. The van der Waals surface area contributed by atoms with Gasteiger partial charge in [-0.2, -0.15) is 0 Å². The molecule has 4 nitrogen and oxygen atoms in total. The lowest BCUT2D eigenvalue weighted by atomic mass is 10.1. The Morgan fingerprint density at radius 3 is 2.89 bits per heavy atom. The van der Waals surface area contributed by atoms with E-state index in [0.717, 1.165) is 10.0 Å². The SMILES string of the molecule is O=S1(=O)CCC(NCC(O)c2cccc(Br)c2)C1. The monoisotopic (exact) mass is 333 g/mol. The summed E-state index contributed by atoms with van der Waals surface area (Å²) in [5.41, 5.74) is 0.817. The van der Waals surface area contributed by atoms with Gasteiger partial charge in [0, 0.05) is 17.1 Å². The van der Waals surface area contributed by atoms with Crippen LogP contribution in [0.4, 0.5) is 0 Å². The van der Waals surface area contributed by atoms with Gasteiger partial charge in [-0.1, -0.05) is 28.1 Å². The predicted octanol–water partition coefficient (Wildman–Crippen LogP) is 1.26. The van der Waals surface area contributed by atoms with Gasteiger partial charge >= 0.3 is 0 Å². The smallest absolute Gasteiger partial charge is 0.151 e. The molecule has 2 rings (SSSR count). The molecule has 1 aliphatic heterocycles. The van der Waals surface area contributed by atoms with Gasteiger partial charge in [-0.15, -0.1) is 0 Å². The van der Waals surface area contributed by atoms with E-state index in [-0.39, 0.29) is 17.5 Å². The first-order valence-electron chi connectivity index (χ1n) is 5.83. The molecule has 0 saturated carbocycles. The Balaban J connectivity index is 1.87. The van der Waals surface area contributed by atoms with E-state index in [0.29, 0.717) is 13.0 Å². The minimum absolute atomic E-state index is 0.0307. The molecule has 0 spiro atoms. The van der Waals surface area contributed by atoms with Crippen LogP contribution in [0.3, 0.4) is 0 Å². The number of hydrogen-bond donors (Lipinski definition) is 2. The van der Waals surface area contributed by atoms with E-state index in [1.165, 1.54) is 0 Å². The zero-order valence-electron chi connectivity index (χ0n) is 9.84. The molecule has 18 heavy (non-hydrogen) atoms. The lowest BCUT2D eigenvalue weighted by Gasteiger charge is -2.15. The van der Waals surface area contributed by atoms with Gasteiger partial charge < -0.3 is 10.4 Å². The summed E-state index contributed by atoms with van der Waals surface area (Å²) in [5, 5.41) is 13.1. The van der Waals surface area contributed by atoms with Gasteiger partial charge in [0.25, 0.3) is 0 Å². The molecular weight excluding hydrogens is 318 g/mol. The van der Waals surface area contributed by atoms with Crippen LogP contribution in [0.2, 0.25) is 0 Å². The summed E-state index contributed by atoms with van der Waals surface area (Å²) >= 11 is 3.35. The number of sulfone groups is 1. The maximum Gasteiger partial charge on any atom is 0.151 e. The Labute approximate surface area is 115 Å². The number of hydrogen-bond acceptors (Lipinski definition) is 4. The Bertz CT molecular complexity index is 518. The molecule has 0 radical (unpaired) electrons. The largest absolute Gasteiger partial charge is 0.387 e. The van der Waals surface area contributed by atoms with E-state index in [1.54, 1.807) is 0 Å². The van der Waals surface area contributed by atoms with Gasteiger partial charge in [0.05, 0.1) is 17.6 Å². The van der Waals surface area contributed by atoms with Gasteiger partial charge in [-0.25, -0.2) is 8.42 Å². The Morgan fingerprint density at radius 1 is 1.50 bits per heavy atom. The first-order chi connectivity index (χ1) is 8.46. The highest BCUT2D eigenvalue weighted by atomic mass is 79.9. The zero-order chi connectivity index (χ0) is 13.2. The highest BCUT2D eigenvalue weighted by Crippen LogP contribution is 2.18. The second-order valence-corrected chi connectivity index (χ2v) is 7.72. The van der Waals surface area contributed by atoms with E-state index >= 15 is 0 Å². The molecule has 2 atom stereocenters. The van der Waals surface area contributed by atoms with Crippen LogP contribution in [-0.4, -0.2) is 37.6 Å². The maximum absolute atomic E-state index is 11.3. The first kappa shape index (κ1) is 14.0. The van der Waals surface area contributed by atoms with Gasteiger partial charge in [-0.05, 0) is 24.1 Å². The number of benzene rings is 1. The Hall–Kier alpha value is -0.430. The summed E-state index contributed by atoms with van der Waals surface area (Å²) in [4.78, 5) is 0. The van der Waals surface area contributed by atoms with Gasteiger partial charge in [0.15, 0.2) is 9.84 Å². The van der Waals surface area contributed by atoms with E-state index < -0.39 is 15.9 Å². The highest BCUT2D eigenvalue weighted by Gasteiger charge is 2.27. The van der Waals surface area contributed by atoms with Crippen LogP contribution >= 0.6 is 15.9 Å². The Morgan fingerprint density at radius 2 is 2.28 bits per heavy atom. The summed E-state index contributed by atoms with van der Waals surface area (Å²) < 4.78 is 23.5. The van der Waals surface area contributed by atoms with Crippen LogP contribution in [0.15, 0.2) is 28.7 Å². The number of rotatable bonds is 4. The highest BCUT2D eigenvalue weighted by molar-refractivity contribution is 9.10. The molecule has 1 aromatic rings. The number of halogens is 1. The van der Waals surface area contributed by atoms with Crippen molar-refractivity contribution in [1.29, 1.82) is 0 Å². The maximum atomic E-state index is 11.3.